The summed E-state index contributed by atoms with van der Waals surface area (Å²) in [6.07, 6.45) is 5.71. The molecule has 0 radical (unpaired) electrons. The van der Waals surface area contributed by atoms with Gasteiger partial charge in [-0.3, -0.25) is 0 Å². The molecule has 0 N–H and O–H groups in total. The fraction of sp³-hybridized carbons (Fsp3) is 0.417. The summed E-state index contributed by atoms with van der Waals surface area (Å²) in [6, 6.07) is 1.94. The van der Waals surface area contributed by atoms with E-state index < -0.39 is 0 Å². The molecule has 0 aromatic carbocycles. The Morgan fingerprint density at radius 3 is 2.88 bits per heavy atom. The Morgan fingerprint density at radius 1 is 1.35 bits per heavy atom. The third kappa shape index (κ3) is 3.12. The van der Waals surface area contributed by atoms with E-state index in [1.165, 1.54) is 0 Å². The first-order chi connectivity index (χ1) is 8.19. The molecule has 0 amide bonds. The lowest BCUT2D eigenvalue weighted by Gasteiger charge is -2.06. The van der Waals surface area contributed by atoms with Crippen LogP contribution in [0.4, 0.5) is 0 Å². The number of hydrogen-bond donors (Lipinski definition) is 0. The van der Waals surface area contributed by atoms with E-state index in [0.717, 1.165) is 41.3 Å². The second-order valence-corrected chi connectivity index (χ2v) is 4.76. The fourth-order valence-corrected chi connectivity index (χ4v) is 2.31. The van der Waals surface area contributed by atoms with Crippen molar-refractivity contribution in [1.82, 2.24) is 19.5 Å². The molecule has 2 aromatic heterocycles. The summed E-state index contributed by atoms with van der Waals surface area (Å²) >= 11 is 3.39. The zero-order valence-electron chi connectivity index (χ0n) is 10.0. The van der Waals surface area contributed by atoms with Crippen LogP contribution in [0.5, 0.6) is 0 Å². The summed E-state index contributed by atoms with van der Waals surface area (Å²) in [5, 5.41) is 0. The Labute approximate surface area is 109 Å². The summed E-state index contributed by atoms with van der Waals surface area (Å²) < 4.78 is 3.00. The van der Waals surface area contributed by atoms with E-state index in [0.29, 0.717) is 0 Å². The van der Waals surface area contributed by atoms with Crippen LogP contribution in [0.1, 0.15) is 30.7 Å². The first kappa shape index (κ1) is 12.2. The minimum atomic E-state index is 0.745. The van der Waals surface area contributed by atoms with Crippen LogP contribution in [-0.2, 0) is 13.0 Å². The number of hydrogen-bond acceptors (Lipinski definition) is 3. The van der Waals surface area contributed by atoms with Gasteiger partial charge in [-0.25, -0.2) is 15.0 Å². The van der Waals surface area contributed by atoms with E-state index in [2.05, 4.69) is 42.4 Å². The average Bonchev–Trinajstić information content (AvgIpc) is 2.65. The molecule has 0 aliphatic rings. The number of aryl methyl sites for hydroxylation is 2. The average molecular weight is 295 g/mol. The highest BCUT2D eigenvalue weighted by Crippen LogP contribution is 2.12. The second kappa shape index (κ2) is 5.40. The number of aromatic nitrogens is 4. The van der Waals surface area contributed by atoms with Crippen LogP contribution in [0.3, 0.4) is 0 Å². The molecule has 2 rings (SSSR count). The third-order valence-electron chi connectivity index (χ3n) is 2.47. The first-order valence-corrected chi connectivity index (χ1v) is 6.48. The molecule has 0 spiro atoms. The highest BCUT2D eigenvalue weighted by molar-refractivity contribution is 9.10. The standard InChI is InChI=1S/C12H15BrN4/c1-3-5-17-6-4-14-12(17)8-10-7-11(13)16-9(2)15-10/h4,6-7H,3,5,8H2,1-2H3. The van der Waals surface area contributed by atoms with Gasteiger partial charge in [0.05, 0.1) is 5.69 Å². The van der Waals surface area contributed by atoms with Crippen LogP contribution >= 0.6 is 15.9 Å². The molecule has 90 valence electrons. The van der Waals surface area contributed by atoms with Gasteiger partial charge in [-0.15, -0.1) is 0 Å². The molecule has 0 saturated carbocycles. The SMILES string of the molecule is CCCn1ccnc1Cc1cc(Br)nc(C)n1. The lowest BCUT2D eigenvalue weighted by atomic mass is 10.3. The smallest absolute Gasteiger partial charge is 0.126 e. The highest BCUT2D eigenvalue weighted by Gasteiger charge is 2.06. The Hall–Kier alpha value is -1.23. The van der Waals surface area contributed by atoms with Gasteiger partial charge in [0.2, 0.25) is 0 Å². The van der Waals surface area contributed by atoms with Gasteiger partial charge in [0, 0.05) is 25.4 Å². The maximum absolute atomic E-state index is 4.42. The predicted molar refractivity (Wildman–Crippen MR) is 69.8 cm³/mol. The zero-order valence-corrected chi connectivity index (χ0v) is 11.6. The van der Waals surface area contributed by atoms with Crippen LogP contribution in [0.2, 0.25) is 0 Å². The molecule has 0 bridgehead atoms. The Bertz CT molecular complexity index is 487. The van der Waals surface area contributed by atoms with E-state index in [-0.39, 0.29) is 0 Å². The van der Waals surface area contributed by atoms with Crippen LogP contribution < -0.4 is 0 Å². The van der Waals surface area contributed by atoms with E-state index in [9.17, 15) is 0 Å². The molecule has 2 heterocycles. The van der Waals surface area contributed by atoms with Crippen LogP contribution in [-0.4, -0.2) is 19.5 Å². The van der Waals surface area contributed by atoms with Crippen LogP contribution in [0, 0.1) is 6.92 Å². The van der Waals surface area contributed by atoms with Crippen molar-refractivity contribution in [3.63, 3.8) is 0 Å². The lowest BCUT2D eigenvalue weighted by molar-refractivity contribution is 0.644. The van der Waals surface area contributed by atoms with Gasteiger partial charge in [-0.1, -0.05) is 6.92 Å². The molecule has 0 aliphatic carbocycles. The molecule has 5 heteroatoms. The van der Waals surface area contributed by atoms with Crippen molar-refractivity contribution in [2.24, 2.45) is 0 Å². The summed E-state index contributed by atoms with van der Waals surface area (Å²) in [6.45, 7) is 5.06. The quantitative estimate of drug-likeness (QED) is 0.815. The molecule has 0 saturated heterocycles. The molecule has 0 unspecified atom stereocenters. The number of imidazole rings is 1. The van der Waals surface area contributed by atoms with Gasteiger partial charge >= 0.3 is 0 Å². The summed E-state index contributed by atoms with van der Waals surface area (Å²) in [4.78, 5) is 13.0. The van der Waals surface area contributed by atoms with Crippen molar-refractivity contribution in [2.75, 3.05) is 0 Å². The van der Waals surface area contributed by atoms with Crippen molar-refractivity contribution in [3.8, 4) is 0 Å². The molecule has 17 heavy (non-hydrogen) atoms. The van der Waals surface area contributed by atoms with Gasteiger partial charge in [-0.05, 0) is 35.3 Å². The Morgan fingerprint density at radius 2 is 2.18 bits per heavy atom. The van der Waals surface area contributed by atoms with Gasteiger partial charge in [0.25, 0.3) is 0 Å². The molecular formula is C12H15BrN4. The second-order valence-electron chi connectivity index (χ2n) is 3.94. The van der Waals surface area contributed by atoms with Crippen molar-refractivity contribution in [1.29, 1.82) is 0 Å². The first-order valence-electron chi connectivity index (χ1n) is 5.69. The minimum Gasteiger partial charge on any atom is -0.335 e. The Kier molecular flexibility index (Phi) is 3.89. The van der Waals surface area contributed by atoms with Crippen LogP contribution in [0.25, 0.3) is 0 Å². The topological polar surface area (TPSA) is 43.6 Å². The zero-order chi connectivity index (χ0) is 12.3. The molecule has 2 aromatic rings. The molecule has 4 nitrogen and oxygen atoms in total. The van der Waals surface area contributed by atoms with Gasteiger partial charge in [0.1, 0.15) is 16.3 Å². The maximum Gasteiger partial charge on any atom is 0.126 e. The van der Waals surface area contributed by atoms with Crippen LogP contribution in [0.15, 0.2) is 23.1 Å². The van der Waals surface area contributed by atoms with Crippen molar-refractivity contribution < 1.29 is 0 Å². The monoisotopic (exact) mass is 294 g/mol. The molecule has 0 fully saturated rings. The maximum atomic E-state index is 4.42. The molecular weight excluding hydrogens is 280 g/mol. The molecule has 0 atom stereocenters. The van der Waals surface area contributed by atoms with Gasteiger partial charge in [0.15, 0.2) is 0 Å². The van der Waals surface area contributed by atoms with Crippen molar-refractivity contribution in [3.05, 3.63) is 40.4 Å². The van der Waals surface area contributed by atoms with Gasteiger partial charge < -0.3 is 4.57 Å². The third-order valence-corrected chi connectivity index (χ3v) is 2.87. The summed E-state index contributed by atoms with van der Waals surface area (Å²) in [7, 11) is 0. The van der Waals surface area contributed by atoms with E-state index in [4.69, 9.17) is 0 Å². The lowest BCUT2D eigenvalue weighted by Crippen LogP contribution is -2.05. The van der Waals surface area contributed by atoms with E-state index >= 15 is 0 Å². The largest absolute Gasteiger partial charge is 0.335 e. The fourth-order valence-electron chi connectivity index (χ4n) is 1.79. The Balaban J connectivity index is 2.22. The van der Waals surface area contributed by atoms with Crippen molar-refractivity contribution >= 4 is 15.9 Å². The van der Waals surface area contributed by atoms with Crippen molar-refractivity contribution in [2.45, 2.75) is 33.2 Å². The highest BCUT2D eigenvalue weighted by atomic mass is 79.9. The number of halogens is 1. The van der Waals surface area contributed by atoms with E-state index in [1.54, 1.807) is 0 Å². The summed E-state index contributed by atoms with van der Waals surface area (Å²) in [5.41, 5.74) is 0.993. The number of rotatable bonds is 4. The number of nitrogens with zero attached hydrogens (tertiary/aromatic N) is 4. The van der Waals surface area contributed by atoms with E-state index in [1.807, 2.05) is 25.4 Å². The molecule has 0 aliphatic heterocycles. The normalized spacial score (nSPS) is 10.8. The minimum absolute atomic E-state index is 0.745. The summed E-state index contributed by atoms with van der Waals surface area (Å²) in [5.74, 6) is 1.83. The van der Waals surface area contributed by atoms with Gasteiger partial charge in [-0.2, -0.15) is 0 Å². The predicted octanol–water partition coefficient (Wildman–Crippen LogP) is 2.74.